The molecular weight excluding hydrogens is 604 g/mol. The first-order chi connectivity index (χ1) is 18.4. The van der Waals surface area contributed by atoms with Crippen LogP contribution in [0.2, 0.25) is 5.02 Å². The Morgan fingerprint density at radius 2 is 1.83 bits per heavy atom. The molecule has 0 aliphatic heterocycles. The monoisotopic (exact) mass is 628 g/mol. The predicted octanol–water partition coefficient (Wildman–Crippen LogP) is -3.61. The van der Waals surface area contributed by atoms with Gasteiger partial charge in [0.2, 0.25) is 0 Å². The zero-order valence-electron chi connectivity index (χ0n) is 22.6. The molecule has 1 aromatic heterocycles. The van der Waals surface area contributed by atoms with Crippen LogP contribution in [0.4, 0.5) is 19.8 Å². The number of hydrogen-bond donors (Lipinski definition) is 3. The van der Waals surface area contributed by atoms with Crippen molar-refractivity contribution in [3.63, 3.8) is 0 Å². The number of amides is 3. The first kappa shape index (κ1) is 37.7. The van der Waals surface area contributed by atoms with Gasteiger partial charge in [0.15, 0.2) is 0 Å². The van der Waals surface area contributed by atoms with Crippen LogP contribution in [0.5, 0.6) is 0 Å². The molecule has 0 spiro atoms. The number of aromatic nitrogens is 1. The number of nitrogens with one attached hydrogen (secondary N) is 2. The number of nitrogens with zero attached hydrogens (tertiary/aromatic N) is 2. The van der Waals surface area contributed by atoms with E-state index in [0.29, 0.717) is 5.56 Å². The fraction of sp³-hybridized carbons (Fsp3) is 0.292. The fourth-order valence-corrected chi connectivity index (χ4v) is 4.06. The average Bonchev–Trinajstić information content (AvgIpc) is 2.89. The normalized spacial score (nSPS) is 12.3. The SMILES string of the molecule is CN(C(=O)NCc1cccc(F)c1Cl)[C@H](COC(=O)Nc1cc2ccccc2cn1)C[C@@H](O)COP(=O)([O-])[O-].[Na+].[Na+]. The number of carbonyl (C=O) groups is 2. The Hall–Kier alpha value is -1.32. The molecule has 12 nitrogen and oxygen atoms in total. The number of pyridine rings is 1. The summed E-state index contributed by atoms with van der Waals surface area (Å²) >= 11 is 5.91. The zero-order chi connectivity index (χ0) is 28.6. The van der Waals surface area contributed by atoms with Gasteiger partial charge in [-0.05, 0) is 29.5 Å². The summed E-state index contributed by atoms with van der Waals surface area (Å²) in [6.45, 7) is -1.43. The number of aliphatic hydroxyl groups is 1. The van der Waals surface area contributed by atoms with Gasteiger partial charge in [-0.1, -0.05) is 48.0 Å². The van der Waals surface area contributed by atoms with Crippen molar-refractivity contribution in [1.29, 1.82) is 0 Å². The quantitative estimate of drug-likeness (QED) is 0.143. The van der Waals surface area contributed by atoms with Crippen LogP contribution in [0.1, 0.15) is 12.0 Å². The van der Waals surface area contributed by atoms with Crippen molar-refractivity contribution in [3.8, 4) is 0 Å². The molecule has 3 rings (SSSR count). The standard InChI is InChI=1S/C24H27ClFN4O8P.2Na/c1-30(23(32)28-12-17-7-4-8-20(26)22(17)25)18(10-19(31)14-38-39(34,35)36)13-37-24(33)29-21-9-15-5-2-3-6-16(15)11-27-21;;/h2-9,11,18-19,31H,10,12-14H2,1H3,(H,28,32)(H,27,29,33)(H2,34,35,36);;/q;2*+1/p-2/t18-,19+;;/m0../s1. The number of carbonyl (C=O) groups excluding carboxylic acids is 2. The van der Waals surface area contributed by atoms with Gasteiger partial charge in [-0.3, -0.25) is 5.32 Å². The molecule has 2 atom stereocenters. The van der Waals surface area contributed by atoms with Gasteiger partial charge < -0.3 is 38.9 Å². The molecule has 0 radical (unpaired) electrons. The maximum atomic E-state index is 13.7. The number of halogens is 2. The number of fused-ring (bicyclic) bond motifs is 1. The number of benzene rings is 2. The average molecular weight is 629 g/mol. The van der Waals surface area contributed by atoms with Gasteiger partial charge in [-0.2, -0.15) is 0 Å². The molecule has 17 heteroatoms. The van der Waals surface area contributed by atoms with Gasteiger partial charge in [-0.15, -0.1) is 0 Å². The molecule has 0 unspecified atom stereocenters. The number of ether oxygens (including phenoxy) is 1. The van der Waals surface area contributed by atoms with Gasteiger partial charge in [-0.25, -0.2) is 19.0 Å². The van der Waals surface area contributed by atoms with E-state index in [1.54, 1.807) is 12.3 Å². The number of urea groups is 1. The van der Waals surface area contributed by atoms with E-state index < -0.39 is 51.1 Å². The summed E-state index contributed by atoms with van der Waals surface area (Å²) in [7, 11) is -4.01. The van der Waals surface area contributed by atoms with Crippen molar-refractivity contribution >= 4 is 48.1 Å². The zero-order valence-corrected chi connectivity index (χ0v) is 28.2. The maximum absolute atomic E-state index is 13.7. The van der Waals surface area contributed by atoms with Crippen molar-refractivity contribution in [1.82, 2.24) is 15.2 Å². The van der Waals surface area contributed by atoms with Gasteiger partial charge >= 0.3 is 71.2 Å². The van der Waals surface area contributed by atoms with Crippen molar-refractivity contribution in [2.24, 2.45) is 0 Å². The van der Waals surface area contributed by atoms with Gasteiger partial charge in [0, 0.05) is 25.2 Å². The summed E-state index contributed by atoms with van der Waals surface area (Å²) in [5.41, 5.74) is 0.309. The molecule has 0 aliphatic carbocycles. The van der Waals surface area contributed by atoms with Gasteiger partial charge in [0.05, 0.1) is 31.6 Å². The number of anilines is 1. The van der Waals surface area contributed by atoms with E-state index in [9.17, 15) is 33.4 Å². The van der Waals surface area contributed by atoms with Crippen molar-refractivity contribution in [2.75, 3.05) is 25.6 Å². The molecule has 0 aliphatic rings. The molecule has 0 fully saturated rings. The molecule has 0 saturated heterocycles. The maximum Gasteiger partial charge on any atom is 1.00 e. The molecule has 41 heavy (non-hydrogen) atoms. The van der Waals surface area contributed by atoms with Gasteiger partial charge in [0.1, 0.15) is 18.2 Å². The van der Waals surface area contributed by atoms with E-state index in [1.807, 2.05) is 24.3 Å². The predicted molar refractivity (Wildman–Crippen MR) is 136 cm³/mol. The van der Waals surface area contributed by atoms with E-state index in [0.717, 1.165) is 21.7 Å². The second-order valence-corrected chi connectivity index (χ2v) is 9.94. The summed E-state index contributed by atoms with van der Waals surface area (Å²) in [6.07, 6.45) is -1.17. The van der Waals surface area contributed by atoms with Crippen molar-refractivity contribution < 1.29 is 102 Å². The second kappa shape index (κ2) is 17.7. The van der Waals surface area contributed by atoms with E-state index in [1.165, 1.54) is 19.2 Å². The molecule has 0 bridgehead atoms. The Labute approximate surface area is 284 Å². The number of hydrogen-bond acceptors (Lipinski definition) is 9. The number of rotatable bonds is 11. The van der Waals surface area contributed by atoms with Crippen LogP contribution in [0.15, 0.2) is 54.7 Å². The Morgan fingerprint density at radius 1 is 1.15 bits per heavy atom. The molecule has 3 N–H and O–H groups in total. The molecule has 2 aromatic carbocycles. The second-order valence-electron chi connectivity index (χ2n) is 8.41. The molecule has 0 saturated carbocycles. The third-order valence-electron chi connectivity index (χ3n) is 5.57. The van der Waals surface area contributed by atoms with Crippen molar-refractivity contribution in [2.45, 2.75) is 25.1 Å². The number of phosphoric acid groups is 1. The van der Waals surface area contributed by atoms with Gasteiger partial charge in [0.25, 0.3) is 0 Å². The molecule has 1 heterocycles. The summed E-state index contributed by atoms with van der Waals surface area (Å²) in [4.78, 5) is 51.9. The Bertz CT molecular complexity index is 1370. The molecule has 210 valence electrons. The van der Waals surface area contributed by atoms with Crippen LogP contribution in [0.25, 0.3) is 10.8 Å². The summed E-state index contributed by atoms with van der Waals surface area (Å²) in [6, 6.07) is 11.4. The molecular formula is C24H25ClFN4Na2O8P. The first-order valence-electron chi connectivity index (χ1n) is 11.5. The first-order valence-corrected chi connectivity index (χ1v) is 13.3. The topological polar surface area (TPSA) is 176 Å². The minimum Gasteiger partial charge on any atom is -0.790 e. The summed E-state index contributed by atoms with van der Waals surface area (Å²) < 4.78 is 33.8. The van der Waals surface area contributed by atoms with Crippen LogP contribution in [-0.2, 0) is 20.4 Å². The minimum atomic E-state index is -5.35. The van der Waals surface area contributed by atoms with Crippen LogP contribution in [0.3, 0.4) is 0 Å². The van der Waals surface area contributed by atoms with E-state index in [-0.39, 0.29) is 82.9 Å². The third-order valence-corrected chi connectivity index (χ3v) is 6.46. The Morgan fingerprint density at radius 3 is 2.51 bits per heavy atom. The van der Waals surface area contributed by atoms with Crippen LogP contribution < -0.4 is 79.5 Å². The molecule has 3 aromatic rings. The third kappa shape index (κ3) is 12.4. The van der Waals surface area contributed by atoms with Crippen LogP contribution in [0, 0.1) is 5.82 Å². The van der Waals surface area contributed by atoms with E-state index >= 15 is 0 Å². The number of phosphoric ester groups is 1. The minimum absolute atomic E-state index is 0. The number of aliphatic hydroxyl groups excluding tert-OH is 1. The smallest absolute Gasteiger partial charge is 0.790 e. The summed E-state index contributed by atoms with van der Waals surface area (Å²) in [5, 5.41) is 16.7. The van der Waals surface area contributed by atoms with Crippen molar-refractivity contribution in [3.05, 3.63) is 71.1 Å². The van der Waals surface area contributed by atoms with Crippen LogP contribution in [-0.4, -0.2) is 59.5 Å². The molecule has 3 amide bonds. The number of likely N-dealkylation sites (N-methyl/N-ethyl adjacent to an activating group) is 1. The summed E-state index contributed by atoms with van der Waals surface area (Å²) in [5.74, 6) is -0.449. The van der Waals surface area contributed by atoms with E-state index in [4.69, 9.17) is 16.3 Å². The van der Waals surface area contributed by atoms with E-state index in [2.05, 4.69) is 20.1 Å². The Kier molecular flexibility index (Phi) is 16.3. The largest absolute Gasteiger partial charge is 1.00 e. The van der Waals surface area contributed by atoms with Crippen LogP contribution >= 0.6 is 19.4 Å². The fourth-order valence-electron chi connectivity index (χ4n) is 3.51. The Balaban J connectivity index is 0.00000420.